The Morgan fingerprint density at radius 1 is 0.964 bits per heavy atom. The second kappa shape index (κ2) is 16.8. The zero-order chi connectivity index (χ0) is 39.6. The van der Waals surface area contributed by atoms with Crippen molar-refractivity contribution in [2.24, 2.45) is 7.05 Å². The molecule has 0 spiro atoms. The van der Waals surface area contributed by atoms with Gasteiger partial charge >= 0.3 is 6.09 Å². The number of aryl methyl sites for hydroxylation is 1. The zero-order valence-electron chi connectivity index (χ0n) is 32.5. The summed E-state index contributed by atoms with van der Waals surface area (Å²) in [5.41, 5.74) is 6.39. The average molecular weight is 800 g/mol. The van der Waals surface area contributed by atoms with Gasteiger partial charge in [0.05, 0.1) is 41.2 Å². The maximum atomic E-state index is 13.3. The SMILES string of the molecule is COc1nc(-c2cccc(-c3cccc(-c4ccc5c(CNC[C@@H]6CCCO6)cn(C)c5n4)c3Cl)c2Cl)ccc1CN(C[C@@H]1CCC(=O)N1)C(=O)OC(C)(C)C. The van der Waals surface area contributed by atoms with E-state index in [-0.39, 0.29) is 24.6 Å². The van der Waals surface area contributed by atoms with Gasteiger partial charge in [0.2, 0.25) is 11.8 Å². The Morgan fingerprint density at radius 2 is 1.64 bits per heavy atom. The van der Waals surface area contributed by atoms with Crippen LogP contribution in [0.4, 0.5) is 4.79 Å². The molecule has 7 rings (SSSR count). The van der Waals surface area contributed by atoms with Crippen molar-refractivity contribution in [2.45, 2.75) is 77.3 Å². The maximum absolute atomic E-state index is 13.3. The predicted octanol–water partition coefficient (Wildman–Crippen LogP) is 8.57. The first-order valence-corrected chi connectivity index (χ1v) is 19.8. The lowest BCUT2D eigenvalue weighted by atomic mass is 9.98. The van der Waals surface area contributed by atoms with Gasteiger partial charge in [0.1, 0.15) is 11.2 Å². The highest BCUT2D eigenvalue weighted by molar-refractivity contribution is 6.39. The van der Waals surface area contributed by atoms with Crippen LogP contribution in [0.15, 0.2) is 66.9 Å². The number of aromatic nitrogens is 3. The minimum Gasteiger partial charge on any atom is -0.481 e. The standard InChI is InChI=1S/C43H48Cl2N6O5/c1-43(2,3)56-42(53)51(25-28-15-19-37(52)47-28)24-26-14-17-36(49-41(26)54-5)34-13-7-11-32(39(34)45)31-10-6-12-33(38(31)44)35-18-16-30-27(23-50(4)40(30)48-35)21-46-22-29-9-8-20-55-29/h6-7,10-14,16-18,23,28-29,46H,8-9,15,19-22,24-25H2,1-5H3,(H,47,52)/t28-,29-/m0/s1. The van der Waals surface area contributed by atoms with Gasteiger partial charge in [-0.25, -0.2) is 14.8 Å². The highest BCUT2D eigenvalue weighted by Crippen LogP contribution is 2.42. The van der Waals surface area contributed by atoms with Crippen LogP contribution in [0.25, 0.3) is 44.7 Å². The van der Waals surface area contributed by atoms with E-state index in [1.165, 1.54) is 5.56 Å². The summed E-state index contributed by atoms with van der Waals surface area (Å²) in [5, 5.41) is 8.60. The summed E-state index contributed by atoms with van der Waals surface area (Å²) in [6.07, 6.45) is 5.22. The molecule has 2 aliphatic heterocycles. The number of carbonyl (C=O) groups excluding carboxylic acids is 2. The fraction of sp³-hybridized carbons (Fsp3) is 0.395. The van der Waals surface area contributed by atoms with Crippen LogP contribution >= 0.6 is 23.2 Å². The number of nitrogens with one attached hydrogen (secondary N) is 2. The van der Waals surface area contributed by atoms with Gasteiger partial charge in [-0.3, -0.25) is 4.79 Å². The van der Waals surface area contributed by atoms with E-state index in [4.69, 9.17) is 47.4 Å². The molecule has 2 saturated heterocycles. The van der Waals surface area contributed by atoms with Crippen molar-refractivity contribution in [1.82, 2.24) is 30.1 Å². The Morgan fingerprint density at radius 3 is 2.27 bits per heavy atom. The molecule has 2 N–H and O–H groups in total. The van der Waals surface area contributed by atoms with Gasteiger partial charge in [-0.15, -0.1) is 0 Å². The highest BCUT2D eigenvalue weighted by atomic mass is 35.5. The predicted molar refractivity (Wildman–Crippen MR) is 220 cm³/mol. The minimum atomic E-state index is -0.692. The number of fused-ring (bicyclic) bond motifs is 1. The van der Waals surface area contributed by atoms with Gasteiger partial charge in [0.15, 0.2) is 0 Å². The van der Waals surface area contributed by atoms with Gasteiger partial charge in [-0.1, -0.05) is 59.6 Å². The number of nitrogens with zero attached hydrogens (tertiary/aromatic N) is 4. The molecule has 13 heteroatoms. The first-order valence-electron chi connectivity index (χ1n) is 19.0. The third-order valence-corrected chi connectivity index (χ3v) is 10.9. The van der Waals surface area contributed by atoms with Gasteiger partial charge in [0, 0.05) is 85.2 Å². The van der Waals surface area contributed by atoms with E-state index in [1.54, 1.807) is 12.0 Å². The summed E-state index contributed by atoms with van der Waals surface area (Å²) in [6, 6.07) is 19.3. The average Bonchev–Trinajstić information content (AvgIpc) is 3.92. The number of methoxy groups -OCH3 is 1. The second-order valence-electron chi connectivity index (χ2n) is 15.5. The van der Waals surface area contributed by atoms with Crippen molar-refractivity contribution in [3.05, 3.63) is 88.0 Å². The molecule has 56 heavy (non-hydrogen) atoms. The Bertz CT molecular complexity index is 2250. The highest BCUT2D eigenvalue weighted by Gasteiger charge is 2.29. The number of hydrogen-bond acceptors (Lipinski definition) is 8. The first-order chi connectivity index (χ1) is 26.9. The smallest absolute Gasteiger partial charge is 0.410 e. The Hall–Kier alpha value is -4.68. The van der Waals surface area contributed by atoms with Crippen LogP contribution in [0.5, 0.6) is 5.88 Å². The van der Waals surface area contributed by atoms with Crippen molar-refractivity contribution >= 4 is 46.2 Å². The number of pyridine rings is 2. The molecular weight excluding hydrogens is 751 g/mol. The van der Waals surface area contributed by atoms with E-state index in [1.807, 2.05) is 82.4 Å². The van der Waals surface area contributed by atoms with Crippen molar-refractivity contribution < 1.29 is 23.8 Å². The molecule has 2 fully saturated rings. The molecule has 294 valence electrons. The number of amides is 2. The number of hydrogen-bond donors (Lipinski definition) is 2. The molecule has 0 unspecified atom stereocenters. The normalized spacial score (nSPS) is 17.0. The van der Waals surface area contributed by atoms with Gasteiger partial charge in [-0.05, 0) is 69.9 Å². The van der Waals surface area contributed by atoms with Gasteiger partial charge in [0.25, 0.3) is 0 Å². The molecule has 0 aliphatic carbocycles. The van der Waals surface area contributed by atoms with Crippen LogP contribution in [0.1, 0.15) is 57.6 Å². The molecule has 2 aliphatic rings. The summed E-state index contributed by atoms with van der Waals surface area (Å²) in [7, 11) is 3.55. The fourth-order valence-electron chi connectivity index (χ4n) is 7.40. The van der Waals surface area contributed by atoms with Crippen LogP contribution < -0.4 is 15.4 Å². The van der Waals surface area contributed by atoms with E-state index >= 15 is 0 Å². The summed E-state index contributed by atoms with van der Waals surface area (Å²) in [6.45, 7) is 8.34. The molecule has 0 saturated carbocycles. The molecule has 2 amide bonds. The van der Waals surface area contributed by atoms with E-state index in [2.05, 4.69) is 27.5 Å². The molecule has 3 aromatic heterocycles. The van der Waals surface area contributed by atoms with Crippen molar-refractivity contribution in [3.63, 3.8) is 0 Å². The number of rotatable bonds is 12. The van der Waals surface area contributed by atoms with Gasteiger partial charge < -0.3 is 34.3 Å². The van der Waals surface area contributed by atoms with Crippen LogP contribution in [0.2, 0.25) is 10.0 Å². The summed E-state index contributed by atoms with van der Waals surface area (Å²) < 4.78 is 19.3. The van der Waals surface area contributed by atoms with E-state index < -0.39 is 11.7 Å². The second-order valence-corrected chi connectivity index (χ2v) is 16.2. The largest absolute Gasteiger partial charge is 0.481 e. The maximum Gasteiger partial charge on any atom is 0.410 e. The number of ether oxygens (including phenoxy) is 3. The van der Waals surface area contributed by atoms with Gasteiger partial charge in [-0.2, -0.15) is 0 Å². The van der Waals surface area contributed by atoms with Crippen molar-refractivity contribution in [1.29, 1.82) is 0 Å². The fourth-order valence-corrected chi connectivity index (χ4v) is 8.05. The van der Waals surface area contributed by atoms with Crippen molar-refractivity contribution in [3.8, 4) is 39.5 Å². The monoisotopic (exact) mass is 798 g/mol. The third kappa shape index (κ3) is 8.81. The molecule has 11 nitrogen and oxygen atoms in total. The summed E-state index contributed by atoms with van der Waals surface area (Å²) in [5.74, 6) is 0.320. The lowest BCUT2D eigenvalue weighted by Crippen LogP contribution is -2.43. The Kier molecular flexibility index (Phi) is 11.9. The van der Waals surface area contributed by atoms with Crippen LogP contribution in [0, 0.1) is 0 Å². The molecule has 2 atom stereocenters. The van der Waals surface area contributed by atoms with Crippen LogP contribution in [-0.4, -0.2) is 76.0 Å². The molecule has 5 heterocycles. The molecular formula is C43H48Cl2N6O5. The summed E-state index contributed by atoms with van der Waals surface area (Å²) >= 11 is 14.4. The Balaban J connectivity index is 1.14. The summed E-state index contributed by atoms with van der Waals surface area (Å²) in [4.78, 5) is 36.7. The van der Waals surface area contributed by atoms with E-state index in [9.17, 15) is 9.59 Å². The number of benzene rings is 2. The zero-order valence-corrected chi connectivity index (χ0v) is 34.0. The van der Waals surface area contributed by atoms with E-state index in [0.29, 0.717) is 52.1 Å². The first kappa shape index (κ1) is 39.6. The number of halogens is 2. The minimum absolute atomic E-state index is 0.0247. The van der Waals surface area contributed by atoms with Crippen LogP contribution in [-0.2, 0) is 34.4 Å². The van der Waals surface area contributed by atoms with Crippen LogP contribution in [0.3, 0.4) is 0 Å². The molecule has 0 bridgehead atoms. The third-order valence-electron chi connectivity index (χ3n) is 10.1. The number of carbonyl (C=O) groups is 2. The van der Waals surface area contributed by atoms with Crippen molar-refractivity contribution in [2.75, 3.05) is 26.8 Å². The lowest BCUT2D eigenvalue weighted by molar-refractivity contribution is -0.119. The van der Waals surface area contributed by atoms with E-state index in [0.717, 1.165) is 66.0 Å². The molecule has 0 radical (unpaired) electrons. The molecule has 5 aromatic rings. The quantitative estimate of drug-likeness (QED) is 0.129. The topological polar surface area (TPSA) is 120 Å². The molecule has 2 aromatic carbocycles. The Labute approximate surface area is 337 Å². The lowest BCUT2D eigenvalue weighted by Gasteiger charge is -2.29.